The number of hydrogen-bond acceptors (Lipinski definition) is 3. The second-order valence-electron chi connectivity index (χ2n) is 2.54. The van der Waals surface area contributed by atoms with Crippen molar-refractivity contribution < 1.29 is 9.90 Å². The van der Waals surface area contributed by atoms with Crippen molar-refractivity contribution in [2.24, 2.45) is 0 Å². The first-order valence-corrected chi connectivity index (χ1v) is 4.58. The van der Waals surface area contributed by atoms with Crippen molar-refractivity contribution in [2.45, 2.75) is 19.3 Å². The highest BCUT2D eigenvalue weighted by atomic mass is 35.5. The van der Waals surface area contributed by atoms with E-state index in [0.717, 1.165) is 4.88 Å². The van der Waals surface area contributed by atoms with Crippen LogP contribution in [0.4, 0.5) is 0 Å². The minimum atomic E-state index is -0.813. The maximum Gasteiger partial charge on any atom is 0.303 e. The molecular formula is C7H8ClNO2S. The molecule has 12 heavy (non-hydrogen) atoms. The molecule has 1 atom stereocenters. The molecule has 0 aliphatic heterocycles. The summed E-state index contributed by atoms with van der Waals surface area (Å²) in [5.74, 6) is -0.866. The summed E-state index contributed by atoms with van der Waals surface area (Å²) in [6, 6.07) is 0. The Morgan fingerprint density at radius 1 is 1.92 bits per heavy atom. The van der Waals surface area contributed by atoms with Crippen molar-refractivity contribution in [1.29, 1.82) is 0 Å². The molecule has 0 amide bonds. The Labute approximate surface area is 79.2 Å². The fraction of sp³-hybridized carbons (Fsp3) is 0.429. The zero-order valence-electron chi connectivity index (χ0n) is 6.45. The zero-order chi connectivity index (χ0) is 9.14. The van der Waals surface area contributed by atoms with Crippen LogP contribution < -0.4 is 0 Å². The monoisotopic (exact) mass is 205 g/mol. The summed E-state index contributed by atoms with van der Waals surface area (Å²) in [6.45, 7) is 1.83. The second-order valence-corrected chi connectivity index (χ2v) is 3.78. The first kappa shape index (κ1) is 9.48. The molecule has 1 aromatic heterocycles. The lowest BCUT2D eigenvalue weighted by atomic mass is 10.1. The molecule has 0 bridgehead atoms. The number of aromatic nitrogens is 1. The van der Waals surface area contributed by atoms with Gasteiger partial charge in [-0.25, -0.2) is 0 Å². The predicted molar refractivity (Wildman–Crippen MR) is 47.8 cm³/mol. The highest BCUT2D eigenvalue weighted by Crippen LogP contribution is 2.29. The first-order chi connectivity index (χ1) is 5.61. The summed E-state index contributed by atoms with van der Waals surface area (Å²) in [5, 5.41) is 9.08. The Morgan fingerprint density at radius 2 is 2.58 bits per heavy atom. The summed E-state index contributed by atoms with van der Waals surface area (Å²) < 4.78 is 3.87. The van der Waals surface area contributed by atoms with Gasteiger partial charge < -0.3 is 5.11 Å². The normalized spacial score (nSPS) is 12.8. The Morgan fingerprint density at radius 3 is 3.00 bits per heavy atom. The topological polar surface area (TPSA) is 50.2 Å². The van der Waals surface area contributed by atoms with E-state index in [2.05, 4.69) is 4.37 Å². The van der Waals surface area contributed by atoms with Crippen molar-refractivity contribution in [2.75, 3.05) is 0 Å². The van der Waals surface area contributed by atoms with Crippen LogP contribution in [0.3, 0.4) is 0 Å². The van der Waals surface area contributed by atoms with Crippen molar-refractivity contribution in [3.05, 3.63) is 16.1 Å². The lowest BCUT2D eigenvalue weighted by Crippen LogP contribution is -2.01. The number of rotatable bonds is 3. The molecule has 0 fully saturated rings. The van der Waals surface area contributed by atoms with E-state index in [1.54, 1.807) is 6.20 Å². The molecule has 1 aromatic rings. The summed E-state index contributed by atoms with van der Waals surface area (Å²) >= 11 is 7.03. The van der Waals surface area contributed by atoms with Gasteiger partial charge >= 0.3 is 5.97 Å². The van der Waals surface area contributed by atoms with Gasteiger partial charge in [-0.05, 0) is 11.5 Å². The number of carboxylic acids is 1. The van der Waals surface area contributed by atoms with Crippen LogP contribution in [0.2, 0.25) is 5.02 Å². The van der Waals surface area contributed by atoms with Gasteiger partial charge in [0.05, 0.1) is 17.6 Å². The third-order valence-electron chi connectivity index (χ3n) is 1.48. The number of nitrogens with zero attached hydrogens (tertiary/aromatic N) is 1. The highest BCUT2D eigenvalue weighted by molar-refractivity contribution is 7.06. The van der Waals surface area contributed by atoms with Crippen LogP contribution in [0.5, 0.6) is 0 Å². The van der Waals surface area contributed by atoms with Gasteiger partial charge in [-0.15, -0.1) is 0 Å². The van der Waals surface area contributed by atoms with E-state index in [0.29, 0.717) is 5.02 Å². The molecule has 0 saturated heterocycles. The van der Waals surface area contributed by atoms with Gasteiger partial charge in [0.2, 0.25) is 0 Å². The van der Waals surface area contributed by atoms with Crippen LogP contribution in [0.1, 0.15) is 24.1 Å². The Kier molecular flexibility index (Phi) is 3.05. The van der Waals surface area contributed by atoms with Gasteiger partial charge in [0.25, 0.3) is 0 Å². The van der Waals surface area contributed by atoms with Crippen molar-refractivity contribution in [3.8, 4) is 0 Å². The van der Waals surface area contributed by atoms with E-state index in [-0.39, 0.29) is 12.3 Å². The van der Waals surface area contributed by atoms with Crippen LogP contribution in [0.15, 0.2) is 6.20 Å². The quantitative estimate of drug-likeness (QED) is 0.824. The molecule has 66 valence electrons. The molecule has 5 heteroatoms. The van der Waals surface area contributed by atoms with E-state index in [1.165, 1.54) is 11.5 Å². The molecule has 1 N–H and O–H groups in total. The Hall–Kier alpha value is -0.610. The lowest BCUT2D eigenvalue weighted by molar-refractivity contribution is -0.137. The molecule has 0 radical (unpaired) electrons. The Bertz CT molecular complexity index is 287. The van der Waals surface area contributed by atoms with Crippen molar-refractivity contribution >= 4 is 29.1 Å². The van der Waals surface area contributed by atoms with Gasteiger partial charge in [-0.2, -0.15) is 4.37 Å². The highest BCUT2D eigenvalue weighted by Gasteiger charge is 2.15. The van der Waals surface area contributed by atoms with E-state index < -0.39 is 5.97 Å². The molecule has 0 aromatic carbocycles. The van der Waals surface area contributed by atoms with Gasteiger partial charge in [0.15, 0.2) is 0 Å². The summed E-state index contributed by atoms with van der Waals surface area (Å²) in [5.41, 5.74) is 0. The minimum absolute atomic E-state index is 0.0532. The van der Waals surface area contributed by atoms with Gasteiger partial charge in [0, 0.05) is 10.8 Å². The van der Waals surface area contributed by atoms with Gasteiger partial charge in [-0.3, -0.25) is 4.79 Å². The SMILES string of the molecule is CC(CC(=O)O)c1sncc1Cl. The summed E-state index contributed by atoms with van der Waals surface area (Å²) in [7, 11) is 0. The van der Waals surface area contributed by atoms with Crippen LogP contribution in [0, 0.1) is 0 Å². The molecule has 1 rings (SSSR count). The fourth-order valence-electron chi connectivity index (χ4n) is 0.917. The first-order valence-electron chi connectivity index (χ1n) is 3.43. The second kappa shape index (κ2) is 3.87. The maximum absolute atomic E-state index is 10.4. The Balaban J connectivity index is 2.71. The third kappa shape index (κ3) is 2.19. The minimum Gasteiger partial charge on any atom is -0.481 e. The van der Waals surface area contributed by atoms with Crippen molar-refractivity contribution in [1.82, 2.24) is 4.37 Å². The largest absolute Gasteiger partial charge is 0.481 e. The number of halogens is 1. The number of carboxylic acid groups (broad SMARTS) is 1. The molecule has 0 saturated carbocycles. The summed E-state index contributed by atoms with van der Waals surface area (Å²) in [4.78, 5) is 11.2. The van der Waals surface area contributed by atoms with Crippen LogP contribution in [0.25, 0.3) is 0 Å². The number of hydrogen-bond donors (Lipinski definition) is 1. The zero-order valence-corrected chi connectivity index (χ0v) is 8.02. The third-order valence-corrected chi connectivity index (χ3v) is 2.92. The van der Waals surface area contributed by atoms with Crippen molar-refractivity contribution in [3.63, 3.8) is 0 Å². The lowest BCUT2D eigenvalue weighted by Gasteiger charge is -2.04. The van der Waals surface area contributed by atoms with Gasteiger partial charge in [0.1, 0.15) is 0 Å². The molecular weight excluding hydrogens is 198 g/mol. The van der Waals surface area contributed by atoms with Gasteiger partial charge in [-0.1, -0.05) is 18.5 Å². The molecule has 0 aliphatic carbocycles. The van der Waals surface area contributed by atoms with Crippen LogP contribution in [-0.2, 0) is 4.79 Å². The van der Waals surface area contributed by atoms with Crippen LogP contribution in [-0.4, -0.2) is 15.4 Å². The summed E-state index contributed by atoms with van der Waals surface area (Å²) in [6.07, 6.45) is 1.64. The number of aliphatic carboxylic acids is 1. The maximum atomic E-state index is 10.4. The van der Waals surface area contributed by atoms with Crippen LogP contribution >= 0.6 is 23.1 Å². The average Bonchev–Trinajstić information content (AvgIpc) is 2.33. The van der Waals surface area contributed by atoms with E-state index in [1.807, 2.05) is 6.92 Å². The predicted octanol–water partition coefficient (Wildman–Crippen LogP) is 2.37. The molecule has 1 unspecified atom stereocenters. The van der Waals surface area contributed by atoms with E-state index in [4.69, 9.17) is 16.7 Å². The van der Waals surface area contributed by atoms with E-state index in [9.17, 15) is 4.79 Å². The molecule has 1 heterocycles. The number of carbonyl (C=O) groups is 1. The van der Waals surface area contributed by atoms with E-state index >= 15 is 0 Å². The molecule has 0 aliphatic rings. The molecule has 0 spiro atoms. The smallest absolute Gasteiger partial charge is 0.303 e. The standard InChI is InChI=1S/C7H8ClNO2S/c1-4(2-6(10)11)7-5(8)3-9-12-7/h3-4H,2H2,1H3,(H,10,11). The molecule has 3 nitrogen and oxygen atoms in total. The fourth-order valence-corrected chi connectivity index (χ4v) is 1.99. The average molecular weight is 206 g/mol.